The first-order valence-electron chi connectivity index (χ1n) is 6.52. The second kappa shape index (κ2) is 5.67. The van der Waals surface area contributed by atoms with Crippen molar-refractivity contribution >= 4 is 11.3 Å². The monoisotopic (exact) mass is 263 g/mol. The Kier molecular flexibility index (Phi) is 4.19. The third kappa shape index (κ3) is 2.49. The van der Waals surface area contributed by atoms with Gasteiger partial charge in [0.15, 0.2) is 0 Å². The number of nitrogens with two attached hydrogens (primary N) is 1. The second-order valence-electron chi connectivity index (χ2n) is 4.64. The molecule has 0 radical (unpaired) electrons. The van der Waals surface area contributed by atoms with E-state index in [9.17, 15) is 0 Å². The molecule has 2 rings (SSSR count). The highest BCUT2D eigenvalue weighted by Crippen LogP contribution is 2.25. The first kappa shape index (κ1) is 13.3. The van der Waals surface area contributed by atoms with Crippen LogP contribution in [-0.2, 0) is 12.8 Å². The van der Waals surface area contributed by atoms with Crippen LogP contribution in [0, 0.1) is 0 Å². The van der Waals surface area contributed by atoms with E-state index in [2.05, 4.69) is 48.3 Å². The van der Waals surface area contributed by atoms with E-state index < -0.39 is 0 Å². The minimum absolute atomic E-state index is 0.0505. The molecule has 0 aliphatic carbocycles. The first-order chi connectivity index (χ1) is 8.67. The van der Waals surface area contributed by atoms with Gasteiger partial charge in [0, 0.05) is 11.7 Å². The van der Waals surface area contributed by atoms with Crippen LogP contribution >= 0.6 is 11.3 Å². The number of aryl methyl sites for hydroxylation is 2. The van der Waals surface area contributed by atoms with Crippen LogP contribution in [0.1, 0.15) is 43.8 Å². The molecule has 2 aromatic rings. The summed E-state index contributed by atoms with van der Waals surface area (Å²) in [5, 5.41) is 8.98. The summed E-state index contributed by atoms with van der Waals surface area (Å²) in [6, 6.07) is 4.54. The number of nitrogens with zero attached hydrogens (tertiary/aromatic N) is 2. The maximum absolute atomic E-state index is 6.18. The zero-order valence-corrected chi connectivity index (χ0v) is 12.1. The van der Waals surface area contributed by atoms with E-state index in [-0.39, 0.29) is 12.1 Å². The Morgan fingerprint density at radius 2 is 2.17 bits per heavy atom. The first-order valence-corrected chi connectivity index (χ1v) is 7.46. The summed E-state index contributed by atoms with van der Waals surface area (Å²) in [6.45, 7) is 6.35. The molecule has 0 spiro atoms. The zero-order chi connectivity index (χ0) is 13.1. The summed E-state index contributed by atoms with van der Waals surface area (Å²) < 4.78 is 2.12. The van der Waals surface area contributed by atoms with Gasteiger partial charge in [0.25, 0.3) is 0 Å². The van der Waals surface area contributed by atoms with Gasteiger partial charge in [-0.2, -0.15) is 16.4 Å². The Labute approximate surface area is 113 Å². The number of thiophene rings is 1. The molecule has 0 aliphatic rings. The molecule has 98 valence electrons. The molecule has 0 saturated heterocycles. The van der Waals surface area contributed by atoms with Gasteiger partial charge in [0.2, 0.25) is 0 Å². The van der Waals surface area contributed by atoms with Gasteiger partial charge in [-0.3, -0.25) is 4.68 Å². The smallest absolute Gasteiger partial charge is 0.0927 e. The quantitative estimate of drug-likeness (QED) is 0.901. The lowest BCUT2D eigenvalue weighted by Crippen LogP contribution is -2.31. The Balaban J connectivity index is 2.45. The van der Waals surface area contributed by atoms with Crippen LogP contribution in [0.4, 0.5) is 0 Å². The fourth-order valence-corrected chi connectivity index (χ4v) is 2.97. The average molecular weight is 263 g/mol. The third-order valence-corrected chi connectivity index (χ3v) is 3.94. The van der Waals surface area contributed by atoms with E-state index in [1.165, 1.54) is 11.3 Å². The van der Waals surface area contributed by atoms with Crippen LogP contribution in [0.15, 0.2) is 22.9 Å². The summed E-state index contributed by atoms with van der Waals surface area (Å²) in [7, 11) is 0. The van der Waals surface area contributed by atoms with Gasteiger partial charge in [0.05, 0.1) is 11.7 Å². The van der Waals surface area contributed by atoms with E-state index in [0.29, 0.717) is 0 Å². The maximum atomic E-state index is 6.18. The van der Waals surface area contributed by atoms with Gasteiger partial charge in [0.1, 0.15) is 0 Å². The van der Waals surface area contributed by atoms with Crippen LogP contribution in [0.3, 0.4) is 0 Å². The van der Waals surface area contributed by atoms with Crippen LogP contribution in [0.2, 0.25) is 0 Å². The molecule has 0 aliphatic heterocycles. The molecule has 2 atom stereocenters. The van der Waals surface area contributed by atoms with Crippen molar-refractivity contribution in [1.82, 2.24) is 9.78 Å². The summed E-state index contributed by atoms with van der Waals surface area (Å²) >= 11 is 1.71. The summed E-state index contributed by atoms with van der Waals surface area (Å²) in [4.78, 5) is 0. The molecule has 0 aromatic carbocycles. The molecular weight excluding hydrogens is 242 g/mol. The zero-order valence-electron chi connectivity index (χ0n) is 11.3. The average Bonchev–Trinajstić information content (AvgIpc) is 2.98. The number of aromatic nitrogens is 2. The molecule has 0 saturated carbocycles. The summed E-state index contributed by atoms with van der Waals surface area (Å²) in [6.07, 6.45) is 1.95. The van der Waals surface area contributed by atoms with Gasteiger partial charge in [-0.1, -0.05) is 13.8 Å². The van der Waals surface area contributed by atoms with Gasteiger partial charge < -0.3 is 5.73 Å². The highest BCUT2D eigenvalue weighted by molar-refractivity contribution is 7.07. The van der Waals surface area contributed by atoms with Gasteiger partial charge in [-0.05, 0) is 48.2 Å². The molecule has 0 bridgehead atoms. The molecule has 2 N–H and O–H groups in total. The number of hydrogen-bond donors (Lipinski definition) is 1. The predicted molar refractivity (Wildman–Crippen MR) is 77.1 cm³/mol. The number of hydrogen-bond acceptors (Lipinski definition) is 3. The summed E-state index contributed by atoms with van der Waals surface area (Å²) in [5.41, 5.74) is 9.85. The van der Waals surface area contributed by atoms with Crippen LogP contribution < -0.4 is 5.73 Å². The van der Waals surface area contributed by atoms with Crippen LogP contribution in [0.25, 0.3) is 0 Å². The fourth-order valence-electron chi connectivity index (χ4n) is 2.28. The van der Waals surface area contributed by atoms with Crippen molar-refractivity contribution in [2.75, 3.05) is 0 Å². The fraction of sp³-hybridized carbons (Fsp3) is 0.500. The molecule has 2 heterocycles. The standard InChI is InChI=1S/C14H21N3S/c1-4-12-8-13(5-2)17(16-12)14(10(3)15)11-6-7-18-9-11/h6-10,14H,4-5,15H2,1-3H3. The third-order valence-electron chi connectivity index (χ3n) is 3.23. The SMILES string of the molecule is CCc1cc(CC)n(C(c2ccsc2)C(C)N)n1. The van der Waals surface area contributed by atoms with Crippen molar-refractivity contribution in [2.24, 2.45) is 5.73 Å². The van der Waals surface area contributed by atoms with E-state index in [1.807, 2.05) is 0 Å². The maximum Gasteiger partial charge on any atom is 0.0927 e. The van der Waals surface area contributed by atoms with E-state index >= 15 is 0 Å². The molecule has 0 amide bonds. The van der Waals surface area contributed by atoms with Gasteiger partial charge in [-0.15, -0.1) is 0 Å². The minimum atomic E-state index is 0.0505. The topological polar surface area (TPSA) is 43.8 Å². The van der Waals surface area contributed by atoms with E-state index in [4.69, 9.17) is 10.8 Å². The normalized spacial score (nSPS) is 14.7. The predicted octanol–water partition coefficient (Wildman–Crippen LogP) is 3.01. The Morgan fingerprint density at radius 1 is 1.39 bits per heavy atom. The van der Waals surface area contributed by atoms with E-state index in [1.54, 1.807) is 11.3 Å². The molecule has 18 heavy (non-hydrogen) atoms. The molecule has 2 aromatic heterocycles. The molecule has 2 unspecified atom stereocenters. The molecule has 0 fully saturated rings. The minimum Gasteiger partial charge on any atom is -0.326 e. The van der Waals surface area contributed by atoms with Gasteiger partial charge >= 0.3 is 0 Å². The lowest BCUT2D eigenvalue weighted by Gasteiger charge is -2.22. The van der Waals surface area contributed by atoms with Gasteiger partial charge in [-0.25, -0.2) is 0 Å². The molecule has 4 heteroatoms. The van der Waals surface area contributed by atoms with Crippen molar-refractivity contribution in [3.8, 4) is 0 Å². The van der Waals surface area contributed by atoms with Crippen molar-refractivity contribution in [3.05, 3.63) is 39.8 Å². The summed E-state index contributed by atoms with van der Waals surface area (Å²) in [5.74, 6) is 0. The Morgan fingerprint density at radius 3 is 2.67 bits per heavy atom. The van der Waals surface area contributed by atoms with Crippen LogP contribution in [-0.4, -0.2) is 15.8 Å². The molecular formula is C14H21N3S. The van der Waals surface area contributed by atoms with E-state index in [0.717, 1.165) is 18.5 Å². The Bertz CT molecular complexity index is 485. The number of rotatable bonds is 5. The lowest BCUT2D eigenvalue weighted by atomic mass is 10.0. The lowest BCUT2D eigenvalue weighted by molar-refractivity contribution is 0.439. The second-order valence-corrected chi connectivity index (χ2v) is 5.42. The highest BCUT2D eigenvalue weighted by Gasteiger charge is 2.22. The van der Waals surface area contributed by atoms with Crippen LogP contribution in [0.5, 0.6) is 0 Å². The largest absolute Gasteiger partial charge is 0.326 e. The van der Waals surface area contributed by atoms with Crippen molar-refractivity contribution in [3.63, 3.8) is 0 Å². The Hall–Kier alpha value is -1.13. The van der Waals surface area contributed by atoms with Crippen molar-refractivity contribution in [2.45, 2.75) is 45.7 Å². The van der Waals surface area contributed by atoms with Crippen molar-refractivity contribution < 1.29 is 0 Å². The van der Waals surface area contributed by atoms with Crippen molar-refractivity contribution in [1.29, 1.82) is 0 Å². The molecule has 3 nitrogen and oxygen atoms in total. The highest BCUT2D eigenvalue weighted by atomic mass is 32.1.